The number of amides is 1. The van der Waals surface area contributed by atoms with Crippen molar-refractivity contribution in [2.24, 2.45) is 5.73 Å². The van der Waals surface area contributed by atoms with Gasteiger partial charge in [-0.15, -0.1) is 12.4 Å². The van der Waals surface area contributed by atoms with Gasteiger partial charge >= 0.3 is 13.2 Å². The van der Waals surface area contributed by atoms with Crippen LogP contribution in [0.1, 0.15) is 12.8 Å². The van der Waals surface area contributed by atoms with Gasteiger partial charge in [-0.25, -0.2) is 0 Å². The van der Waals surface area contributed by atoms with Crippen LogP contribution in [-0.2, 0) is 4.79 Å². The van der Waals surface area contributed by atoms with E-state index in [0.717, 1.165) is 18.2 Å². The molecule has 1 aromatic rings. The molecule has 22 heavy (non-hydrogen) atoms. The third kappa shape index (κ3) is 7.32. The number of nitrogens with one attached hydrogen (secondary N) is 1. The van der Waals surface area contributed by atoms with Gasteiger partial charge in [-0.2, -0.15) is 17.6 Å². The van der Waals surface area contributed by atoms with Gasteiger partial charge in [0.15, 0.2) is 5.75 Å². The molecule has 0 aliphatic heterocycles. The quantitative estimate of drug-likeness (QED) is 0.710. The average Bonchev–Trinajstić information content (AvgIpc) is 2.38. The molecule has 126 valence electrons. The summed E-state index contributed by atoms with van der Waals surface area (Å²) in [5.74, 6) is -1.29. The van der Waals surface area contributed by atoms with Crippen molar-refractivity contribution in [3.63, 3.8) is 0 Å². The van der Waals surface area contributed by atoms with Crippen LogP contribution in [0.5, 0.6) is 11.5 Å². The van der Waals surface area contributed by atoms with Crippen molar-refractivity contribution in [3.05, 3.63) is 18.2 Å². The number of ether oxygens (including phenoxy) is 2. The molecule has 0 aromatic heterocycles. The van der Waals surface area contributed by atoms with E-state index in [9.17, 15) is 22.4 Å². The zero-order chi connectivity index (χ0) is 15.8. The molecule has 0 fully saturated rings. The summed E-state index contributed by atoms with van der Waals surface area (Å²) >= 11 is 0. The van der Waals surface area contributed by atoms with Crippen LogP contribution < -0.4 is 20.5 Å². The summed E-state index contributed by atoms with van der Waals surface area (Å²) in [4.78, 5) is 11.5. The highest BCUT2D eigenvalue weighted by Crippen LogP contribution is 2.31. The van der Waals surface area contributed by atoms with Crippen LogP contribution in [-0.4, -0.2) is 25.7 Å². The molecule has 1 aromatic carbocycles. The number of hydrogen-bond acceptors (Lipinski definition) is 4. The maximum atomic E-state index is 12.3. The highest BCUT2D eigenvalue weighted by Gasteiger charge is 2.15. The Bertz CT molecular complexity index is 478. The fourth-order valence-electron chi connectivity index (χ4n) is 1.45. The highest BCUT2D eigenvalue weighted by atomic mass is 35.5. The zero-order valence-corrected chi connectivity index (χ0v) is 12.0. The molecule has 0 radical (unpaired) electrons. The van der Waals surface area contributed by atoms with Crippen molar-refractivity contribution in [2.45, 2.75) is 26.1 Å². The number of nitrogens with two attached hydrogens (primary N) is 1. The molecule has 1 rings (SSSR count). The topological polar surface area (TPSA) is 73.6 Å². The Balaban J connectivity index is 0.00000441. The molecule has 0 atom stereocenters. The largest absolute Gasteiger partial charge is 0.435 e. The molecule has 0 heterocycles. The summed E-state index contributed by atoms with van der Waals surface area (Å²) in [5.41, 5.74) is 5.17. The third-order valence-corrected chi connectivity index (χ3v) is 2.28. The van der Waals surface area contributed by atoms with Gasteiger partial charge in [-0.05, 0) is 25.1 Å². The van der Waals surface area contributed by atoms with Crippen LogP contribution >= 0.6 is 12.4 Å². The first-order chi connectivity index (χ1) is 9.92. The highest BCUT2D eigenvalue weighted by molar-refractivity contribution is 5.92. The van der Waals surface area contributed by atoms with Crippen molar-refractivity contribution in [2.75, 3.05) is 11.9 Å². The number of anilines is 1. The Hall–Kier alpha value is -1.74. The molecule has 0 saturated heterocycles. The minimum Gasteiger partial charge on any atom is -0.435 e. The third-order valence-electron chi connectivity index (χ3n) is 2.28. The lowest BCUT2D eigenvalue weighted by Crippen LogP contribution is -2.15. The first kappa shape index (κ1) is 20.3. The van der Waals surface area contributed by atoms with Gasteiger partial charge in [0.1, 0.15) is 5.75 Å². The second-order valence-corrected chi connectivity index (χ2v) is 3.86. The lowest BCUT2D eigenvalue weighted by molar-refractivity contribution is -0.116. The molecular weight excluding hydrogens is 332 g/mol. The molecule has 0 unspecified atom stereocenters. The van der Waals surface area contributed by atoms with Crippen LogP contribution in [0.25, 0.3) is 0 Å². The Morgan fingerprint density at radius 1 is 1.18 bits per heavy atom. The van der Waals surface area contributed by atoms with E-state index in [1.165, 1.54) is 0 Å². The van der Waals surface area contributed by atoms with Crippen LogP contribution in [0.3, 0.4) is 0 Å². The van der Waals surface area contributed by atoms with E-state index in [1.54, 1.807) is 0 Å². The standard InChI is InChI=1S/C12H14F4N2O3.ClH/c13-11(14)20-7-3-4-8(9(6-7)21-12(15)16)18-10(19)2-1-5-17;/h3-4,6,11-12H,1-2,5,17H2,(H,18,19);1H. The first-order valence-electron chi connectivity index (χ1n) is 5.96. The van der Waals surface area contributed by atoms with Crippen LogP contribution in [0, 0.1) is 0 Å². The van der Waals surface area contributed by atoms with E-state index in [0.29, 0.717) is 13.0 Å². The van der Waals surface area contributed by atoms with Gasteiger partial charge in [-0.1, -0.05) is 0 Å². The summed E-state index contributed by atoms with van der Waals surface area (Å²) in [5, 5.41) is 2.34. The summed E-state index contributed by atoms with van der Waals surface area (Å²) in [7, 11) is 0. The molecule has 0 aliphatic rings. The summed E-state index contributed by atoms with van der Waals surface area (Å²) < 4.78 is 57.0. The molecular formula is C12H15ClF4N2O3. The number of halogens is 5. The molecule has 0 bridgehead atoms. The first-order valence-corrected chi connectivity index (χ1v) is 5.96. The van der Waals surface area contributed by atoms with Gasteiger partial charge < -0.3 is 20.5 Å². The van der Waals surface area contributed by atoms with E-state index in [-0.39, 0.29) is 30.3 Å². The van der Waals surface area contributed by atoms with Crippen molar-refractivity contribution in [3.8, 4) is 11.5 Å². The molecule has 0 aliphatic carbocycles. The average molecular weight is 347 g/mol. The zero-order valence-electron chi connectivity index (χ0n) is 11.2. The Morgan fingerprint density at radius 3 is 2.36 bits per heavy atom. The van der Waals surface area contributed by atoms with E-state index < -0.39 is 24.9 Å². The minimum absolute atomic E-state index is 0. The van der Waals surface area contributed by atoms with E-state index in [2.05, 4.69) is 14.8 Å². The lowest BCUT2D eigenvalue weighted by atomic mass is 10.2. The van der Waals surface area contributed by atoms with E-state index in [1.807, 2.05) is 0 Å². The lowest BCUT2D eigenvalue weighted by Gasteiger charge is -2.13. The van der Waals surface area contributed by atoms with Crippen molar-refractivity contribution >= 4 is 24.0 Å². The molecule has 5 nitrogen and oxygen atoms in total. The number of hydrogen-bond donors (Lipinski definition) is 2. The van der Waals surface area contributed by atoms with Crippen LogP contribution in [0.4, 0.5) is 23.2 Å². The maximum absolute atomic E-state index is 12.3. The number of carbonyl (C=O) groups is 1. The van der Waals surface area contributed by atoms with Gasteiger partial charge in [0, 0.05) is 12.5 Å². The number of alkyl halides is 4. The van der Waals surface area contributed by atoms with Gasteiger partial charge in [0.2, 0.25) is 5.91 Å². The number of carbonyl (C=O) groups excluding carboxylic acids is 1. The second-order valence-electron chi connectivity index (χ2n) is 3.86. The van der Waals surface area contributed by atoms with Crippen molar-refractivity contribution < 1.29 is 31.8 Å². The second kappa shape index (κ2) is 10.1. The molecule has 3 N–H and O–H groups in total. The monoisotopic (exact) mass is 346 g/mol. The summed E-state index contributed by atoms with van der Waals surface area (Å²) in [6.07, 6.45) is 0.517. The SMILES string of the molecule is Cl.NCCCC(=O)Nc1ccc(OC(F)F)cc1OC(F)F. The molecule has 10 heteroatoms. The molecule has 0 spiro atoms. The summed E-state index contributed by atoms with van der Waals surface area (Å²) in [6, 6.07) is 3.08. The fraction of sp³-hybridized carbons (Fsp3) is 0.417. The predicted octanol–water partition coefficient (Wildman–Crippen LogP) is 2.99. The van der Waals surface area contributed by atoms with Gasteiger partial charge in [-0.3, -0.25) is 4.79 Å². The van der Waals surface area contributed by atoms with Crippen LogP contribution in [0.15, 0.2) is 18.2 Å². The number of rotatable bonds is 8. The van der Waals surface area contributed by atoms with E-state index >= 15 is 0 Å². The number of benzene rings is 1. The van der Waals surface area contributed by atoms with Crippen LogP contribution in [0.2, 0.25) is 0 Å². The van der Waals surface area contributed by atoms with Gasteiger partial charge in [0.05, 0.1) is 5.69 Å². The molecule has 0 saturated carbocycles. The fourth-order valence-corrected chi connectivity index (χ4v) is 1.45. The van der Waals surface area contributed by atoms with Gasteiger partial charge in [0.25, 0.3) is 0 Å². The maximum Gasteiger partial charge on any atom is 0.387 e. The Morgan fingerprint density at radius 2 is 1.82 bits per heavy atom. The normalized spacial score (nSPS) is 10.3. The molecule has 1 amide bonds. The Kier molecular flexibility index (Phi) is 9.27. The summed E-state index contributed by atoms with van der Waals surface area (Å²) in [6.45, 7) is -5.98. The minimum atomic E-state index is -3.17. The Labute approximate surface area is 130 Å². The predicted molar refractivity (Wildman–Crippen MR) is 73.9 cm³/mol. The van der Waals surface area contributed by atoms with E-state index in [4.69, 9.17) is 5.73 Å². The van der Waals surface area contributed by atoms with Crippen molar-refractivity contribution in [1.82, 2.24) is 0 Å². The smallest absolute Gasteiger partial charge is 0.387 e. The van der Waals surface area contributed by atoms with Crippen molar-refractivity contribution in [1.29, 1.82) is 0 Å².